The first-order chi connectivity index (χ1) is 10.1. The summed E-state index contributed by atoms with van der Waals surface area (Å²) in [6.07, 6.45) is 0. The first-order valence-electron chi connectivity index (χ1n) is 6.36. The summed E-state index contributed by atoms with van der Waals surface area (Å²) in [5.74, 6) is -0.348. The molecule has 1 aromatic carbocycles. The van der Waals surface area contributed by atoms with E-state index in [1.54, 1.807) is 17.4 Å². The Kier molecular flexibility index (Phi) is 5.16. The van der Waals surface area contributed by atoms with E-state index in [1.165, 1.54) is 19.2 Å². The average molecular weight is 309 g/mol. The van der Waals surface area contributed by atoms with Crippen molar-refractivity contribution in [2.75, 3.05) is 13.7 Å². The largest absolute Gasteiger partial charge is 0.494 e. The zero-order valence-electron chi connectivity index (χ0n) is 11.8. The minimum Gasteiger partial charge on any atom is -0.494 e. The summed E-state index contributed by atoms with van der Waals surface area (Å²) in [4.78, 5) is 12.8. The second-order valence-corrected chi connectivity index (χ2v) is 5.39. The predicted molar refractivity (Wildman–Crippen MR) is 79.3 cm³/mol. The molecule has 0 aliphatic carbocycles. The number of thiophene rings is 1. The molecular weight excluding hydrogens is 293 g/mol. The first-order valence-corrected chi connectivity index (χ1v) is 7.24. The molecule has 0 bridgehead atoms. The fraction of sp³-hybridized carbons (Fsp3) is 0.267. The Bertz CT molecular complexity index is 627. The van der Waals surface area contributed by atoms with Crippen LogP contribution >= 0.6 is 11.3 Å². The number of carbonyl (C=O) groups excluding carboxylic acids is 1. The maximum Gasteiger partial charge on any atom is 0.258 e. The van der Waals surface area contributed by atoms with Crippen molar-refractivity contribution in [3.63, 3.8) is 0 Å². The number of methoxy groups -OCH3 is 1. The van der Waals surface area contributed by atoms with Crippen molar-refractivity contribution in [3.05, 3.63) is 45.9 Å². The molecule has 112 valence electrons. The molecule has 1 heterocycles. The van der Waals surface area contributed by atoms with Crippen molar-refractivity contribution in [2.24, 2.45) is 0 Å². The average Bonchev–Trinajstić information content (AvgIpc) is 2.88. The number of benzene rings is 1. The van der Waals surface area contributed by atoms with Gasteiger partial charge in [0.25, 0.3) is 5.91 Å². The molecule has 0 spiro atoms. The molecule has 0 unspecified atom stereocenters. The number of halogens is 1. The van der Waals surface area contributed by atoms with Crippen LogP contribution in [0.15, 0.2) is 29.6 Å². The number of rotatable bonds is 6. The van der Waals surface area contributed by atoms with Gasteiger partial charge in [0.05, 0.1) is 13.7 Å². The van der Waals surface area contributed by atoms with Gasteiger partial charge in [-0.15, -0.1) is 11.3 Å². The topological polar surface area (TPSA) is 47.6 Å². The smallest absolute Gasteiger partial charge is 0.258 e. The monoisotopic (exact) mass is 309 g/mol. The van der Waals surface area contributed by atoms with E-state index < -0.39 is 5.82 Å². The van der Waals surface area contributed by atoms with Gasteiger partial charge in [0.1, 0.15) is 5.75 Å². The van der Waals surface area contributed by atoms with Crippen molar-refractivity contribution < 1.29 is 18.7 Å². The van der Waals surface area contributed by atoms with Gasteiger partial charge < -0.3 is 14.8 Å². The molecule has 2 rings (SSSR count). The highest BCUT2D eigenvalue weighted by molar-refractivity contribution is 7.10. The summed E-state index contributed by atoms with van der Waals surface area (Å²) in [6, 6.07) is 6.20. The Morgan fingerprint density at radius 1 is 1.38 bits per heavy atom. The fourth-order valence-electron chi connectivity index (χ4n) is 1.70. The summed E-state index contributed by atoms with van der Waals surface area (Å²) in [5.41, 5.74) is 1.15. The van der Waals surface area contributed by atoms with Crippen LogP contribution < -0.4 is 14.8 Å². The van der Waals surface area contributed by atoms with E-state index in [9.17, 15) is 9.18 Å². The van der Waals surface area contributed by atoms with E-state index >= 15 is 0 Å². The van der Waals surface area contributed by atoms with Crippen LogP contribution in [0.4, 0.5) is 4.39 Å². The lowest BCUT2D eigenvalue weighted by molar-refractivity contribution is -0.123. The van der Waals surface area contributed by atoms with Crippen LogP contribution in [0.3, 0.4) is 0 Å². The lowest BCUT2D eigenvalue weighted by Gasteiger charge is -2.08. The van der Waals surface area contributed by atoms with Crippen LogP contribution in [0.5, 0.6) is 11.5 Å². The summed E-state index contributed by atoms with van der Waals surface area (Å²) in [5, 5.41) is 4.74. The van der Waals surface area contributed by atoms with Crippen LogP contribution in [0.2, 0.25) is 0 Å². The third-order valence-electron chi connectivity index (χ3n) is 2.91. The third-order valence-corrected chi connectivity index (χ3v) is 3.93. The number of amides is 1. The number of ether oxygens (including phenoxy) is 2. The number of carbonyl (C=O) groups is 1. The molecule has 0 atom stereocenters. The van der Waals surface area contributed by atoms with E-state index in [1.807, 2.05) is 18.4 Å². The van der Waals surface area contributed by atoms with Crippen molar-refractivity contribution >= 4 is 17.2 Å². The van der Waals surface area contributed by atoms with Gasteiger partial charge in [-0.2, -0.15) is 0 Å². The van der Waals surface area contributed by atoms with Crippen LogP contribution in [0.1, 0.15) is 10.4 Å². The van der Waals surface area contributed by atoms with Crippen LogP contribution in [-0.2, 0) is 11.3 Å². The number of hydrogen-bond donors (Lipinski definition) is 1. The molecule has 0 aliphatic rings. The first kappa shape index (κ1) is 15.3. The van der Waals surface area contributed by atoms with Crippen molar-refractivity contribution in [2.45, 2.75) is 13.5 Å². The molecular formula is C15H16FNO3S. The van der Waals surface area contributed by atoms with E-state index in [0.29, 0.717) is 6.54 Å². The molecule has 1 aromatic heterocycles. The zero-order chi connectivity index (χ0) is 15.2. The number of hydrogen-bond acceptors (Lipinski definition) is 4. The maximum absolute atomic E-state index is 13.4. The highest BCUT2D eigenvalue weighted by atomic mass is 32.1. The van der Waals surface area contributed by atoms with Gasteiger partial charge in [-0.1, -0.05) is 0 Å². The van der Waals surface area contributed by atoms with Crippen LogP contribution in [0, 0.1) is 12.7 Å². The van der Waals surface area contributed by atoms with E-state index in [-0.39, 0.29) is 24.0 Å². The Balaban J connectivity index is 1.81. The minimum absolute atomic E-state index is 0.139. The minimum atomic E-state index is -0.524. The molecule has 0 saturated heterocycles. The van der Waals surface area contributed by atoms with Gasteiger partial charge in [-0.05, 0) is 36.1 Å². The molecule has 0 radical (unpaired) electrons. The van der Waals surface area contributed by atoms with Gasteiger partial charge in [-0.25, -0.2) is 4.39 Å². The molecule has 1 amide bonds. The number of aryl methyl sites for hydroxylation is 1. The van der Waals surface area contributed by atoms with Crippen LogP contribution in [0.25, 0.3) is 0 Å². The summed E-state index contributed by atoms with van der Waals surface area (Å²) in [6.45, 7) is 2.31. The van der Waals surface area contributed by atoms with E-state index in [4.69, 9.17) is 9.47 Å². The zero-order valence-corrected chi connectivity index (χ0v) is 12.6. The van der Waals surface area contributed by atoms with Gasteiger partial charge in [0, 0.05) is 10.9 Å². The molecule has 0 fully saturated rings. The van der Waals surface area contributed by atoms with Gasteiger partial charge >= 0.3 is 0 Å². The molecule has 2 aromatic rings. The summed E-state index contributed by atoms with van der Waals surface area (Å²) < 4.78 is 23.5. The SMILES string of the molecule is COc1ccc(OCC(=O)NCc2sccc2C)cc1F. The summed E-state index contributed by atoms with van der Waals surface area (Å²) >= 11 is 1.59. The van der Waals surface area contributed by atoms with E-state index in [2.05, 4.69) is 5.32 Å². The molecule has 4 nitrogen and oxygen atoms in total. The number of nitrogens with one attached hydrogen (secondary N) is 1. The quantitative estimate of drug-likeness (QED) is 0.892. The molecule has 1 N–H and O–H groups in total. The standard InChI is InChI=1S/C15H16FNO3S/c1-10-5-6-21-14(10)8-17-15(18)9-20-11-3-4-13(19-2)12(16)7-11/h3-7H,8-9H2,1-2H3,(H,17,18). The van der Waals surface area contributed by atoms with Crippen molar-refractivity contribution in [1.82, 2.24) is 5.32 Å². The molecule has 21 heavy (non-hydrogen) atoms. The summed E-state index contributed by atoms with van der Waals surface area (Å²) in [7, 11) is 1.39. The highest BCUT2D eigenvalue weighted by Gasteiger charge is 2.07. The molecule has 6 heteroatoms. The third kappa shape index (κ3) is 4.19. The van der Waals surface area contributed by atoms with Gasteiger partial charge in [-0.3, -0.25) is 4.79 Å². The normalized spacial score (nSPS) is 10.2. The van der Waals surface area contributed by atoms with Crippen LogP contribution in [-0.4, -0.2) is 19.6 Å². The lowest BCUT2D eigenvalue weighted by Crippen LogP contribution is -2.28. The maximum atomic E-state index is 13.4. The van der Waals surface area contributed by atoms with Gasteiger partial charge in [0.2, 0.25) is 0 Å². The lowest BCUT2D eigenvalue weighted by atomic mass is 10.3. The Hall–Kier alpha value is -2.08. The second kappa shape index (κ2) is 7.08. The van der Waals surface area contributed by atoms with E-state index in [0.717, 1.165) is 10.4 Å². The molecule has 0 saturated carbocycles. The Morgan fingerprint density at radius 2 is 2.19 bits per heavy atom. The predicted octanol–water partition coefficient (Wildman–Crippen LogP) is 2.90. The van der Waals surface area contributed by atoms with Crippen molar-refractivity contribution in [3.8, 4) is 11.5 Å². The van der Waals surface area contributed by atoms with Crippen molar-refractivity contribution in [1.29, 1.82) is 0 Å². The van der Waals surface area contributed by atoms with Gasteiger partial charge in [0.15, 0.2) is 18.2 Å². The highest BCUT2D eigenvalue weighted by Crippen LogP contribution is 2.22. The Labute approximate surface area is 126 Å². The molecule has 0 aliphatic heterocycles. The fourth-order valence-corrected chi connectivity index (χ4v) is 2.55. The second-order valence-electron chi connectivity index (χ2n) is 4.39. The Morgan fingerprint density at radius 3 is 2.81 bits per heavy atom.